The molecular weight excluding hydrogens is 749 g/mol. The van der Waals surface area contributed by atoms with Crippen molar-refractivity contribution in [3.05, 3.63) is 41.5 Å². The smallest absolute Gasteiger partial charge is 0.253 e. The lowest BCUT2D eigenvalue weighted by Crippen LogP contribution is -2.47. The first kappa shape index (κ1) is 54.6. The molecule has 0 saturated heterocycles. The molecule has 1 aliphatic heterocycles. The molecule has 1 atom stereocenters. The fourth-order valence-electron chi connectivity index (χ4n) is 5.01. The van der Waals surface area contributed by atoms with E-state index in [0.717, 1.165) is 24.2 Å². The van der Waals surface area contributed by atoms with E-state index in [0.29, 0.717) is 36.2 Å². The van der Waals surface area contributed by atoms with Crippen LogP contribution in [0.5, 0.6) is 0 Å². The maximum absolute atomic E-state index is 13.3. The summed E-state index contributed by atoms with van der Waals surface area (Å²) in [4.78, 5) is 96.6. The first-order valence-corrected chi connectivity index (χ1v) is 19.2. The number of nitrogens with one attached hydrogen (secondary N) is 4. The second-order valence-electron chi connectivity index (χ2n) is 12.4. The van der Waals surface area contributed by atoms with Crippen LogP contribution in [0.3, 0.4) is 0 Å². The third kappa shape index (κ3) is 22.9. The van der Waals surface area contributed by atoms with Crippen molar-refractivity contribution in [2.24, 2.45) is 11.7 Å². The number of carbonyl (C=O) groups is 8. The lowest BCUT2D eigenvalue weighted by Gasteiger charge is -2.29. The Morgan fingerprint density at radius 3 is 2.17 bits per heavy atom. The van der Waals surface area contributed by atoms with Gasteiger partial charge in [0.2, 0.25) is 43.8 Å². The number of terminal acetylenes is 1. The standard InChI is InChI=1S/C32H43BN6O9.C3H8.C2H6.C2H2.CH3NO/c1-34-13-4-7-25(37-27(41)18-35-26(40)12-15-47-16-14-39-28(42)10-11-29(39)43)30(44)36-24-9-8-22(20-48-32(33)46)23(17-24)19-38(2)31(45)21-5-3-6-21;1-3-2;2*1-2;2-1-3/h8-11,17,21,25,34H,3-7,12-16,18-20H2,1-2H3,(H,35,40)(H,36,44)(H,37,41);3H2,1-2H3;1-2H3;1-2H;1H,(H2,2,3)/t25-;;;;/m0..../s1. The molecule has 0 spiro atoms. The van der Waals surface area contributed by atoms with Gasteiger partial charge >= 0.3 is 0 Å². The number of anilines is 1. The molecule has 1 saturated carbocycles. The zero-order valence-corrected chi connectivity index (χ0v) is 34.8. The summed E-state index contributed by atoms with van der Waals surface area (Å²) in [6, 6.07) is 4.07. The Morgan fingerprint density at radius 2 is 1.64 bits per heavy atom. The lowest BCUT2D eigenvalue weighted by atomic mass is 9.84. The number of carbonyl (C=O) groups excluding carboxylic acids is 8. The van der Waals surface area contributed by atoms with Gasteiger partial charge in [-0.3, -0.25) is 43.3 Å². The second kappa shape index (κ2) is 33.6. The third-order valence-corrected chi connectivity index (χ3v) is 7.93. The first-order chi connectivity index (χ1) is 27.8. The van der Waals surface area contributed by atoms with E-state index < -0.39 is 41.4 Å². The van der Waals surface area contributed by atoms with Gasteiger partial charge < -0.3 is 41.4 Å². The summed E-state index contributed by atoms with van der Waals surface area (Å²) in [5.74, 6) is -3.25. The van der Waals surface area contributed by atoms with E-state index in [1.165, 1.54) is 18.6 Å². The molecule has 3 rings (SSSR count). The Balaban J connectivity index is 0. The fraction of sp³-hybridized carbons (Fsp3) is 0.550. The normalized spacial score (nSPS) is 12.8. The van der Waals surface area contributed by atoms with Crippen molar-refractivity contribution in [2.45, 2.75) is 91.8 Å². The summed E-state index contributed by atoms with van der Waals surface area (Å²) >= 11 is 0. The summed E-state index contributed by atoms with van der Waals surface area (Å²) in [5, 5.41) is 11.0. The minimum atomic E-state index is -0.940. The van der Waals surface area contributed by atoms with Crippen LogP contribution in [0.4, 0.5) is 10.5 Å². The highest BCUT2D eigenvalue weighted by Crippen LogP contribution is 2.29. The molecule has 320 valence electrons. The molecule has 0 bridgehead atoms. The number of amides is 7. The molecule has 1 fully saturated rings. The fourth-order valence-corrected chi connectivity index (χ4v) is 5.01. The molecule has 2 radical (unpaired) electrons. The molecule has 58 heavy (non-hydrogen) atoms. The zero-order valence-electron chi connectivity index (χ0n) is 34.8. The van der Waals surface area contributed by atoms with Gasteiger partial charge in [0, 0.05) is 43.8 Å². The van der Waals surface area contributed by atoms with Crippen LogP contribution in [0, 0.1) is 18.8 Å². The molecule has 1 aliphatic carbocycles. The van der Waals surface area contributed by atoms with Gasteiger partial charge in [0.1, 0.15) is 12.6 Å². The summed E-state index contributed by atoms with van der Waals surface area (Å²) < 4.78 is 10.3. The summed E-state index contributed by atoms with van der Waals surface area (Å²) in [7, 11) is 8.62. The van der Waals surface area contributed by atoms with Crippen LogP contribution in [-0.2, 0) is 56.2 Å². The van der Waals surface area contributed by atoms with Crippen LogP contribution >= 0.6 is 0 Å². The predicted molar refractivity (Wildman–Crippen MR) is 222 cm³/mol. The Kier molecular flexibility index (Phi) is 31.6. The quantitative estimate of drug-likeness (QED) is 0.0420. The van der Waals surface area contributed by atoms with Crippen molar-refractivity contribution in [3.63, 3.8) is 0 Å². The average molecular weight is 812 g/mol. The number of primary amides is 1. The number of rotatable bonds is 20. The number of nitrogens with zero attached hydrogens (tertiary/aromatic N) is 2. The van der Waals surface area contributed by atoms with Crippen molar-refractivity contribution in [1.29, 1.82) is 0 Å². The second-order valence-corrected chi connectivity index (χ2v) is 12.4. The minimum Gasteiger partial charge on any atom is -0.470 e. The van der Waals surface area contributed by atoms with E-state index >= 15 is 0 Å². The van der Waals surface area contributed by atoms with Gasteiger partial charge in [0.05, 0.1) is 26.3 Å². The van der Waals surface area contributed by atoms with E-state index in [1.807, 2.05) is 13.8 Å². The minimum absolute atomic E-state index is 0.00740. The van der Waals surface area contributed by atoms with Crippen LogP contribution < -0.4 is 27.0 Å². The third-order valence-electron chi connectivity index (χ3n) is 7.93. The van der Waals surface area contributed by atoms with Crippen LogP contribution in [0.2, 0.25) is 0 Å². The molecule has 1 aromatic rings. The molecule has 2 aliphatic rings. The summed E-state index contributed by atoms with van der Waals surface area (Å²) in [5.41, 5.74) is 5.86. The van der Waals surface area contributed by atoms with E-state index in [9.17, 15) is 33.6 Å². The highest BCUT2D eigenvalue weighted by molar-refractivity contribution is 6.55. The maximum atomic E-state index is 13.3. The molecule has 1 heterocycles. The largest absolute Gasteiger partial charge is 0.470 e. The monoisotopic (exact) mass is 811 g/mol. The highest BCUT2D eigenvalue weighted by atomic mass is 16.5. The van der Waals surface area contributed by atoms with Crippen LogP contribution in [0.25, 0.3) is 0 Å². The topological polar surface area (TPSA) is 236 Å². The van der Waals surface area contributed by atoms with Crippen molar-refractivity contribution < 1.29 is 47.8 Å². The van der Waals surface area contributed by atoms with Gasteiger partial charge in [-0.05, 0) is 62.5 Å². The Labute approximate surface area is 344 Å². The molecule has 1 aromatic carbocycles. The van der Waals surface area contributed by atoms with Gasteiger partial charge in [0.25, 0.3) is 11.8 Å². The molecule has 7 amide bonds. The lowest BCUT2D eigenvalue weighted by molar-refractivity contribution is -0.138. The van der Waals surface area contributed by atoms with Crippen LogP contribution in [-0.4, -0.2) is 118 Å². The van der Waals surface area contributed by atoms with Crippen molar-refractivity contribution in [2.75, 3.05) is 52.3 Å². The van der Waals surface area contributed by atoms with E-state index in [2.05, 4.69) is 53.7 Å². The molecule has 0 unspecified atom stereocenters. The number of hydrogen-bond donors (Lipinski definition) is 5. The van der Waals surface area contributed by atoms with Gasteiger partial charge in [-0.1, -0.05) is 46.6 Å². The summed E-state index contributed by atoms with van der Waals surface area (Å²) in [6.07, 6.45) is 15.4. The molecule has 17 nitrogen and oxygen atoms in total. The van der Waals surface area contributed by atoms with Crippen molar-refractivity contribution >= 4 is 61.3 Å². The molecule has 18 heteroatoms. The van der Waals surface area contributed by atoms with Gasteiger partial charge in [-0.15, -0.1) is 12.8 Å². The number of ether oxygens (including phenoxy) is 2. The van der Waals surface area contributed by atoms with Gasteiger partial charge in [0.15, 0.2) is 0 Å². The van der Waals surface area contributed by atoms with Gasteiger partial charge in [-0.25, -0.2) is 0 Å². The van der Waals surface area contributed by atoms with E-state index in [-0.39, 0.29) is 64.1 Å². The maximum Gasteiger partial charge on any atom is 0.253 e. The summed E-state index contributed by atoms with van der Waals surface area (Å²) in [6.45, 7) is 8.76. The van der Waals surface area contributed by atoms with Crippen LogP contribution in [0.1, 0.15) is 83.8 Å². The average Bonchev–Trinajstić information content (AvgIpc) is 3.50. The SMILES string of the molecule is C#C.CC.CCC.NC=O.[B]C(=O)OCc1ccc(NC(=O)[C@H](CCCNC)NC(=O)CNC(=O)CCOCCN2C(=O)C=CC2=O)cc1CN(C)C(=O)C1CCC1. The number of benzene rings is 1. The Bertz CT molecular complexity index is 1480. The van der Waals surface area contributed by atoms with Crippen LogP contribution in [0.15, 0.2) is 30.4 Å². The van der Waals surface area contributed by atoms with Crippen molar-refractivity contribution in [3.8, 4) is 12.8 Å². The molecule has 6 N–H and O–H groups in total. The van der Waals surface area contributed by atoms with E-state index in [4.69, 9.17) is 22.1 Å². The molecule has 0 aromatic heterocycles. The predicted octanol–water partition coefficient (Wildman–Crippen LogP) is 1.91. The van der Waals surface area contributed by atoms with Gasteiger partial charge in [-0.2, -0.15) is 0 Å². The zero-order chi connectivity index (χ0) is 44.5. The first-order valence-electron chi connectivity index (χ1n) is 19.2. The number of imide groups is 1. The Morgan fingerprint density at radius 1 is 1.03 bits per heavy atom. The Hall–Kier alpha value is -5.54. The molecular formula is C40H62BN7O10. The van der Waals surface area contributed by atoms with Crippen molar-refractivity contribution in [1.82, 2.24) is 25.8 Å². The number of hydrogen-bond acceptors (Lipinski definition) is 11. The number of nitrogens with two attached hydrogens (primary N) is 1. The highest BCUT2D eigenvalue weighted by Gasteiger charge is 2.28. The van der Waals surface area contributed by atoms with E-state index in [1.54, 1.807) is 37.2 Å².